The molecule has 0 amide bonds. The monoisotopic (exact) mass is 314 g/mol. The van der Waals surface area contributed by atoms with Gasteiger partial charge in [0.1, 0.15) is 0 Å². The highest BCUT2D eigenvalue weighted by molar-refractivity contribution is 5.79. The van der Waals surface area contributed by atoms with Crippen LogP contribution in [0.5, 0.6) is 0 Å². The third-order valence-electron chi connectivity index (χ3n) is 3.83. The normalized spacial score (nSPS) is 19.0. The summed E-state index contributed by atoms with van der Waals surface area (Å²) in [5, 5.41) is 6.69. The van der Waals surface area contributed by atoms with Crippen LogP contribution in [-0.4, -0.2) is 76.6 Å². The number of nitrogens with zero attached hydrogens (tertiary/aromatic N) is 2. The molecule has 1 unspecified atom stereocenters. The maximum atomic E-state index is 5.56. The van der Waals surface area contributed by atoms with E-state index in [1.54, 1.807) is 7.11 Å². The molecule has 2 N–H and O–H groups in total. The largest absolute Gasteiger partial charge is 0.379 e. The number of morpholine rings is 1. The lowest BCUT2D eigenvalue weighted by Crippen LogP contribution is -2.45. The first-order chi connectivity index (χ1) is 10.5. The molecule has 0 aromatic rings. The second-order valence-electron chi connectivity index (χ2n) is 6.69. The minimum atomic E-state index is 0.0867. The Bertz CT molecular complexity index is 323. The van der Waals surface area contributed by atoms with Gasteiger partial charge in [-0.25, -0.2) is 0 Å². The number of aliphatic imine (C=N–C) groups is 1. The number of nitrogens with one attached hydrogen (secondary N) is 2. The van der Waals surface area contributed by atoms with E-state index in [0.717, 1.165) is 51.9 Å². The van der Waals surface area contributed by atoms with E-state index in [0.29, 0.717) is 6.54 Å². The van der Waals surface area contributed by atoms with Crippen LogP contribution in [0.3, 0.4) is 0 Å². The van der Waals surface area contributed by atoms with Crippen molar-refractivity contribution in [1.82, 2.24) is 15.5 Å². The number of hydrogen-bond donors (Lipinski definition) is 2. The predicted molar refractivity (Wildman–Crippen MR) is 91.5 cm³/mol. The quantitative estimate of drug-likeness (QED) is 0.541. The van der Waals surface area contributed by atoms with Crippen LogP contribution in [0, 0.1) is 5.41 Å². The van der Waals surface area contributed by atoms with Crippen molar-refractivity contribution in [2.75, 3.05) is 59.6 Å². The molecule has 6 heteroatoms. The van der Waals surface area contributed by atoms with Crippen molar-refractivity contribution in [2.45, 2.75) is 33.8 Å². The molecule has 130 valence electrons. The van der Waals surface area contributed by atoms with Gasteiger partial charge in [0.25, 0.3) is 0 Å². The zero-order valence-electron chi connectivity index (χ0n) is 14.9. The van der Waals surface area contributed by atoms with E-state index in [4.69, 9.17) is 9.47 Å². The average Bonchev–Trinajstić information content (AvgIpc) is 2.47. The first-order valence-electron chi connectivity index (χ1n) is 8.32. The standard InChI is InChI=1S/C16H34N4O2/c1-6-17-15(19-13-14(21-5)16(2,3)4)18-7-8-20-9-11-22-12-10-20/h14H,6-13H2,1-5H3,(H2,17,18,19). The third kappa shape index (κ3) is 7.42. The van der Waals surface area contributed by atoms with Crippen molar-refractivity contribution in [2.24, 2.45) is 10.4 Å². The van der Waals surface area contributed by atoms with Gasteiger partial charge < -0.3 is 20.1 Å². The Kier molecular flexibility index (Phi) is 8.75. The van der Waals surface area contributed by atoms with Gasteiger partial charge in [-0.15, -0.1) is 0 Å². The fraction of sp³-hybridized carbons (Fsp3) is 0.938. The maximum Gasteiger partial charge on any atom is 0.191 e. The van der Waals surface area contributed by atoms with Crippen LogP contribution < -0.4 is 10.6 Å². The number of methoxy groups -OCH3 is 1. The smallest absolute Gasteiger partial charge is 0.191 e. The fourth-order valence-corrected chi connectivity index (χ4v) is 2.38. The fourth-order valence-electron chi connectivity index (χ4n) is 2.38. The maximum absolute atomic E-state index is 5.56. The van der Waals surface area contributed by atoms with Gasteiger partial charge in [-0.3, -0.25) is 9.89 Å². The highest BCUT2D eigenvalue weighted by Crippen LogP contribution is 2.21. The third-order valence-corrected chi connectivity index (χ3v) is 3.83. The Morgan fingerprint density at radius 1 is 1.27 bits per heavy atom. The number of guanidine groups is 1. The Labute approximate surface area is 135 Å². The molecule has 0 bridgehead atoms. The summed E-state index contributed by atoms with van der Waals surface area (Å²) in [5.41, 5.74) is 0.0867. The van der Waals surface area contributed by atoms with Crippen molar-refractivity contribution in [3.63, 3.8) is 0 Å². The topological polar surface area (TPSA) is 58.1 Å². The van der Waals surface area contributed by atoms with Gasteiger partial charge in [0.15, 0.2) is 5.96 Å². The predicted octanol–water partition coefficient (Wildman–Crippen LogP) is 0.935. The van der Waals surface area contributed by atoms with Crippen molar-refractivity contribution in [3.8, 4) is 0 Å². The van der Waals surface area contributed by atoms with Crippen LogP contribution in [0.25, 0.3) is 0 Å². The van der Waals surface area contributed by atoms with Crippen molar-refractivity contribution < 1.29 is 9.47 Å². The summed E-state index contributed by atoms with van der Waals surface area (Å²) < 4.78 is 10.9. The van der Waals surface area contributed by atoms with Crippen LogP contribution in [-0.2, 0) is 9.47 Å². The molecule has 1 aliphatic rings. The molecule has 0 radical (unpaired) electrons. The summed E-state index contributed by atoms with van der Waals surface area (Å²) >= 11 is 0. The van der Waals surface area contributed by atoms with Crippen LogP contribution >= 0.6 is 0 Å². The van der Waals surface area contributed by atoms with Crippen molar-refractivity contribution in [3.05, 3.63) is 0 Å². The van der Waals surface area contributed by atoms with Gasteiger partial charge in [0.2, 0.25) is 0 Å². The van der Waals surface area contributed by atoms with Crippen molar-refractivity contribution in [1.29, 1.82) is 0 Å². The van der Waals surface area contributed by atoms with Crippen LogP contribution in [0.15, 0.2) is 4.99 Å². The second kappa shape index (κ2) is 10.0. The molecule has 0 aromatic carbocycles. The Hall–Kier alpha value is -0.850. The Morgan fingerprint density at radius 3 is 2.50 bits per heavy atom. The zero-order valence-corrected chi connectivity index (χ0v) is 14.9. The number of rotatable bonds is 7. The van der Waals surface area contributed by atoms with E-state index < -0.39 is 0 Å². The van der Waals surface area contributed by atoms with Gasteiger partial charge in [-0.1, -0.05) is 20.8 Å². The Balaban J connectivity index is 2.40. The van der Waals surface area contributed by atoms with E-state index in [1.807, 2.05) is 0 Å². The molecule has 0 aromatic heterocycles. The van der Waals surface area contributed by atoms with Gasteiger partial charge >= 0.3 is 0 Å². The second-order valence-corrected chi connectivity index (χ2v) is 6.69. The van der Waals surface area contributed by atoms with Gasteiger partial charge in [-0.2, -0.15) is 0 Å². The number of hydrogen-bond acceptors (Lipinski definition) is 4. The Morgan fingerprint density at radius 2 is 1.95 bits per heavy atom. The minimum Gasteiger partial charge on any atom is -0.379 e. The van der Waals surface area contributed by atoms with Crippen LogP contribution in [0.4, 0.5) is 0 Å². The SMILES string of the molecule is CCNC(=NCC(OC)C(C)(C)C)NCCN1CCOCC1. The molecule has 1 atom stereocenters. The lowest BCUT2D eigenvalue weighted by atomic mass is 9.89. The number of ether oxygens (including phenoxy) is 2. The van der Waals surface area contributed by atoms with E-state index >= 15 is 0 Å². The summed E-state index contributed by atoms with van der Waals surface area (Å²) in [6, 6.07) is 0. The van der Waals surface area contributed by atoms with E-state index in [9.17, 15) is 0 Å². The molecule has 1 rings (SSSR count). The lowest BCUT2D eigenvalue weighted by Gasteiger charge is -2.28. The van der Waals surface area contributed by atoms with Gasteiger partial charge in [-0.05, 0) is 12.3 Å². The molecule has 1 saturated heterocycles. The first-order valence-corrected chi connectivity index (χ1v) is 8.32. The lowest BCUT2D eigenvalue weighted by molar-refractivity contribution is 0.0241. The molecule has 0 spiro atoms. The van der Waals surface area contributed by atoms with E-state index in [2.05, 4.69) is 48.2 Å². The molecule has 1 fully saturated rings. The molecular formula is C16H34N4O2. The first kappa shape index (κ1) is 19.2. The molecule has 1 heterocycles. The molecule has 0 aliphatic carbocycles. The zero-order chi connectivity index (χ0) is 16.4. The summed E-state index contributed by atoms with van der Waals surface area (Å²) in [4.78, 5) is 7.07. The summed E-state index contributed by atoms with van der Waals surface area (Å²) in [5.74, 6) is 0.863. The van der Waals surface area contributed by atoms with E-state index in [-0.39, 0.29) is 11.5 Å². The van der Waals surface area contributed by atoms with Crippen molar-refractivity contribution >= 4 is 5.96 Å². The van der Waals surface area contributed by atoms with Gasteiger partial charge in [0.05, 0.1) is 25.9 Å². The molecule has 6 nitrogen and oxygen atoms in total. The molecular weight excluding hydrogens is 280 g/mol. The van der Waals surface area contributed by atoms with Gasteiger partial charge in [0, 0.05) is 39.8 Å². The summed E-state index contributed by atoms with van der Waals surface area (Å²) in [6.45, 7) is 15.8. The molecule has 0 saturated carbocycles. The summed E-state index contributed by atoms with van der Waals surface area (Å²) in [6.07, 6.45) is 0.113. The summed E-state index contributed by atoms with van der Waals surface area (Å²) in [7, 11) is 1.75. The van der Waals surface area contributed by atoms with E-state index in [1.165, 1.54) is 0 Å². The average molecular weight is 314 g/mol. The molecule has 22 heavy (non-hydrogen) atoms. The van der Waals surface area contributed by atoms with Crippen LogP contribution in [0.1, 0.15) is 27.7 Å². The highest BCUT2D eigenvalue weighted by atomic mass is 16.5. The minimum absolute atomic E-state index is 0.0867. The highest BCUT2D eigenvalue weighted by Gasteiger charge is 2.24. The molecule has 1 aliphatic heterocycles. The van der Waals surface area contributed by atoms with Crippen LogP contribution in [0.2, 0.25) is 0 Å².